The fourth-order valence-electron chi connectivity index (χ4n) is 1.16. The van der Waals surface area contributed by atoms with Gasteiger partial charge in [0, 0.05) is 0 Å². The van der Waals surface area contributed by atoms with E-state index < -0.39 is 12.2 Å². The van der Waals surface area contributed by atoms with Crippen molar-refractivity contribution in [3.63, 3.8) is 0 Å². The van der Waals surface area contributed by atoms with Crippen LogP contribution in [-0.2, 0) is 9.47 Å². The molecule has 0 aliphatic heterocycles. The van der Waals surface area contributed by atoms with Gasteiger partial charge >= 0.3 is 12.2 Å². The molecule has 7 nitrogen and oxygen atoms in total. The predicted octanol–water partition coefficient (Wildman–Crippen LogP) is 1.92. The molecular formula is C11H13N3O4S. The van der Waals surface area contributed by atoms with Crippen LogP contribution in [0.2, 0.25) is 0 Å². The first-order valence-corrected chi connectivity index (χ1v) is 5.57. The van der Waals surface area contributed by atoms with Crippen molar-refractivity contribution in [1.29, 1.82) is 0 Å². The minimum Gasteiger partial charge on any atom is -0.453 e. The normalized spacial score (nSPS) is 9.16. The highest BCUT2D eigenvalue weighted by Crippen LogP contribution is 2.20. The molecule has 0 unspecified atom stereocenters. The van der Waals surface area contributed by atoms with Gasteiger partial charge in [-0.3, -0.25) is 10.6 Å². The summed E-state index contributed by atoms with van der Waals surface area (Å²) in [5.74, 6) is 0. The number of nitrogens with one attached hydrogen (secondary N) is 3. The average molecular weight is 283 g/mol. The van der Waals surface area contributed by atoms with Crippen LogP contribution in [0.1, 0.15) is 0 Å². The number of ether oxygens (including phenoxy) is 2. The van der Waals surface area contributed by atoms with Crippen LogP contribution in [0.5, 0.6) is 0 Å². The molecule has 0 aliphatic rings. The van der Waals surface area contributed by atoms with Crippen LogP contribution >= 0.6 is 12.2 Å². The van der Waals surface area contributed by atoms with Crippen LogP contribution in [0.15, 0.2) is 24.3 Å². The second kappa shape index (κ2) is 7.17. The van der Waals surface area contributed by atoms with Crippen LogP contribution in [0.3, 0.4) is 0 Å². The molecule has 0 atom stereocenters. The Bertz CT molecular complexity index is 493. The van der Waals surface area contributed by atoms with Gasteiger partial charge in [0.1, 0.15) is 0 Å². The molecule has 8 heteroatoms. The molecule has 2 amide bonds. The fraction of sp³-hybridized carbons (Fsp3) is 0.182. The van der Waals surface area contributed by atoms with Gasteiger partial charge in [0.15, 0.2) is 5.11 Å². The second-order valence-electron chi connectivity index (χ2n) is 3.23. The fourth-order valence-corrected chi connectivity index (χ4v) is 1.35. The SMILES string of the molecule is COC(=O)NC(=S)Nc1ccccc1NC(=O)OC. The molecule has 1 aromatic carbocycles. The number of hydrogen-bond acceptors (Lipinski definition) is 5. The van der Waals surface area contributed by atoms with Crippen LogP contribution in [0.25, 0.3) is 0 Å². The predicted molar refractivity (Wildman–Crippen MR) is 74.2 cm³/mol. The van der Waals surface area contributed by atoms with Crippen molar-refractivity contribution >= 4 is 40.9 Å². The molecule has 19 heavy (non-hydrogen) atoms. The third-order valence-corrected chi connectivity index (χ3v) is 2.20. The van der Waals surface area contributed by atoms with E-state index >= 15 is 0 Å². The lowest BCUT2D eigenvalue weighted by molar-refractivity contribution is 0.177. The van der Waals surface area contributed by atoms with E-state index in [1.54, 1.807) is 24.3 Å². The van der Waals surface area contributed by atoms with Crippen molar-refractivity contribution in [2.45, 2.75) is 0 Å². The van der Waals surface area contributed by atoms with Gasteiger partial charge in [0.05, 0.1) is 25.6 Å². The highest BCUT2D eigenvalue weighted by atomic mass is 32.1. The number of carbonyl (C=O) groups is 2. The Morgan fingerprint density at radius 1 is 1.00 bits per heavy atom. The number of benzene rings is 1. The van der Waals surface area contributed by atoms with E-state index in [0.29, 0.717) is 11.4 Å². The average Bonchev–Trinajstić information content (AvgIpc) is 2.40. The van der Waals surface area contributed by atoms with E-state index in [1.807, 2.05) is 0 Å². The summed E-state index contributed by atoms with van der Waals surface area (Å²) < 4.78 is 8.90. The first-order valence-electron chi connectivity index (χ1n) is 5.16. The lowest BCUT2D eigenvalue weighted by atomic mass is 10.2. The summed E-state index contributed by atoms with van der Waals surface area (Å²) in [6.45, 7) is 0. The van der Waals surface area contributed by atoms with Crippen LogP contribution in [-0.4, -0.2) is 31.5 Å². The van der Waals surface area contributed by atoms with Crippen LogP contribution in [0, 0.1) is 0 Å². The molecule has 0 heterocycles. The largest absolute Gasteiger partial charge is 0.453 e. The topological polar surface area (TPSA) is 88.7 Å². The number of alkyl carbamates (subject to hydrolysis) is 1. The molecule has 0 aromatic heterocycles. The maximum absolute atomic E-state index is 11.2. The Morgan fingerprint density at radius 2 is 1.53 bits per heavy atom. The van der Waals surface area contributed by atoms with E-state index in [0.717, 1.165) is 0 Å². The van der Waals surface area contributed by atoms with Gasteiger partial charge < -0.3 is 14.8 Å². The first-order chi connectivity index (χ1) is 9.06. The zero-order chi connectivity index (χ0) is 14.3. The molecule has 1 rings (SSSR count). The van der Waals surface area contributed by atoms with E-state index in [1.165, 1.54) is 14.2 Å². The Kier molecular flexibility index (Phi) is 5.55. The van der Waals surface area contributed by atoms with Gasteiger partial charge in [-0.1, -0.05) is 12.1 Å². The Hall–Kier alpha value is -2.35. The number of amides is 2. The van der Waals surface area contributed by atoms with Gasteiger partial charge in [0.25, 0.3) is 0 Å². The molecule has 0 saturated heterocycles. The maximum Gasteiger partial charge on any atom is 0.413 e. The molecule has 0 spiro atoms. The Morgan fingerprint density at radius 3 is 2.05 bits per heavy atom. The smallest absolute Gasteiger partial charge is 0.413 e. The second-order valence-corrected chi connectivity index (χ2v) is 3.64. The number of para-hydroxylation sites is 2. The standard InChI is InChI=1S/C11H13N3O4S/c1-17-10(15)13-8-6-4-3-5-7(8)12-9(19)14-11(16)18-2/h3-6H,1-2H3,(H,13,15)(H2,12,14,16,19). The zero-order valence-electron chi connectivity index (χ0n) is 10.4. The lowest BCUT2D eigenvalue weighted by Gasteiger charge is -2.13. The van der Waals surface area contributed by atoms with E-state index in [-0.39, 0.29) is 5.11 Å². The Balaban J connectivity index is 2.75. The number of anilines is 2. The van der Waals surface area contributed by atoms with E-state index in [4.69, 9.17) is 12.2 Å². The molecule has 0 bridgehead atoms. The molecule has 0 radical (unpaired) electrons. The van der Waals surface area contributed by atoms with Crippen molar-refractivity contribution < 1.29 is 19.1 Å². The number of carbonyl (C=O) groups excluding carboxylic acids is 2. The molecule has 1 aromatic rings. The molecule has 3 N–H and O–H groups in total. The summed E-state index contributed by atoms with van der Waals surface area (Å²) in [6, 6.07) is 6.80. The van der Waals surface area contributed by atoms with Gasteiger partial charge in [-0.25, -0.2) is 9.59 Å². The van der Waals surface area contributed by atoms with Gasteiger partial charge in [0.2, 0.25) is 0 Å². The summed E-state index contributed by atoms with van der Waals surface area (Å²) in [5, 5.41) is 7.60. The van der Waals surface area contributed by atoms with Crippen LogP contribution < -0.4 is 16.0 Å². The van der Waals surface area contributed by atoms with Crippen molar-refractivity contribution in [1.82, 2.24) is 5.32 Å². The number of hydrogen-bond donors (Lipinski definition) is 3. The Labute approximate surface area is 115 Å². The molecule has 102 valence electrons. The summed E-state index contributed by atoms with van der Waals surface area (Å²) in [5.41, 5.74) is 0.970. The number of thiocarbonyl (C=S) groups is 1. The molecule has 0 saturated carbocycles. The van der Waals surface area contributed by atoms with E-state index in [9.17, 15) is 9.59 Å². The van der Waals surface area contributed by atoms with Crippen molar-refractivity contribution in [2.75, 3.05) is 24.9 Å². The van der Waals surface area contributed by atoms with Crippen molar-refractivity contribution in [3.8, 4) is 0 Å². The third-order valence-electron chi connectivity index (χ3n) is 2.00. The highest BCUT2D eigenvalue weighted by molar-refractivity contribution is 7.80. The van der Waals surface area contributed by atoms with Crippen molar-refractivity contribution in [3.05, 3.63) is 24.3 Å². The zero-order valence-corrected chi connectivity index (χ0v) is 11.2. The monoisotopic (exact) mass is 283 g/mol. The quantitative estimate of drug-likeness (QED) is 0.719. The number of methoxy groups -OCH3 is 2. The lowest BCUT2D eigenvalue weighted by Crippen LogP contribution is -2.34. The summed E-state index contributed by atoms with van der Waals surface area (Å²) in [7, 11) is 2.49. The minimum atomic E-state index is -0.684. The summed E-state index contributed by atoms with van der Waals surface area (Å²) >= 11 is 4.91. The summed E-state index contributed by atoms with van der Waals surface area (Å²) in [4.78, 5) is 22.1. The van der Waals surface area contributed by atoms with Gasteiger partial charge in [-0.05, 0) is 24.4 Å². The van der Waals surface area contributed by atoms with E-state index in [2.05, 4.69) is 25.4 Å². The minimum absolute atomic E-state index is 0.0472. The van der Waals surface area contributed by atoms with Crippen molar-refractivity contribution in [2.24, 2.45) is 0 Å². The highest BCUT2D eigenvalue weighted by Gasteiger charge is 2.09. The van der Waals surface area contributed by atoms with Gasteiger partial charge in [-0.15, -0.1) is 0 Å². The van der Waals surface area contributed by atoms with Crippen LogP contribution in [0.4, 0.5) is 21.0 Å². The first kappa shape index (κ1) is 14.7. The molecule has 0 fully saturated rings. The molecular weight excluding hydrogens is 270 g/mol. The third kappa shape index (κ3) is 4.80. The van der Waals surface area contributed by atoms with Gasteiger partial charge in [-0.2, -0.15) is 0 Å². The summed E-state index contributed by atoms with van der Waals surface area (Å²) in [6.07, 6.45) is -1.29. The number of rotatable bonds is 2. The molecule has 0 aliphatic carbocycles. The maximum atomic E-state index is 11.2.